The molecule has 18 heavy (non-hydrogen) atoms. The molecule has 2 aromatic rings. The van der Waals surface area contributed by atoms with Gasteiger partial charge in [-0.05, 0) is 37.4 Å². The van der Waals surface area contributed by atoms with Gasteiger partial charge in [0, 0.05) is 29.4 Å². The number of thiophene rings is 1. The molecule has 0 saturated heterocycles. The number of aromatic nitrogens is 1. The van der Waals surface area contributed by atoms with E-state index in [1.165, 1.54) is 5.56 Å². The minimum absolute atomic E-state index is 0.330. The second-order valence-corrected chi connectivity index (χ2v) is 6.44. The number of thiazole rings is 1. The van der Waals surface area contributed by atoms with Gasteiger partial charge in [-0.25, -0.2) is 4.98 Å². The van der Waals surface area contributed by atoms with E-state index in [4.69, 9.17) is 4.98 Å². The van der Waals surface area contributed by atoms with Crippen molar-refractivity contribution in [2.24, 2.45) is 0 Å². The lowest BCUT2D eigenvalue weighted by Crippen LogP contribution is -2.29. The summed E-state index contributed by atoms with van der Waals surface area (Å²) in [4.78, 5) is 8.69. The van der Waals surface area contributed by atoms with Crippen molar-refractivity contribution in [3.05, 3.63) is 33.0 Å². The third-order valence-electron chi connectivity index (χ3n) is 3.46. The van der Waals surface area contributed by atoms with Crippen LogP contribution >= 0.6 is 22.7 Å². The molecule has 5 heteroatoms. The van der Waals surface area contributed by atoms with E-state index in [0.29, 0.717) is 6.04 Å². The molecule has 3 nitrogen and oxygen atoms in total. The number of anilines is 1. The monoisotopic (exact) mass is 279 g/mol. The summed E-state index contributed by atoms with van der Waals surface area (Å²) in [6, 6.07) is 2.58. The Hall–Kier alpha value is -0.910. The van der Waals surface area contributed by atoms with Crippen LogP contribution < -0.4 is 10.2 Å². The van der Waals surface area contributed by atoms with Crippen LogP contribution in [0.15, 0.2) is 16.8 Å². The molecule has 96 valence electrons. The first kappa shape index (κ1) is 12.1. The average molecular weight is 279 g/mol. The second-order valence-electron chi connectivity index (χ2n) is 4.61. The standard InChI is InChI=1S/C13H17N3S2/c1-9(14-2)11-8-18-13(15-11)16-5-3-12-10(7-16)4-6-17-12/h4,6,8-9,14H,3,5,7H2,1-2H3. The summed E-state index contributed by atoms with van der Waals surface area (Å²) in [7, 11) is 1.97. The average Bonchev–Trinajstić information content (AvgIpc) is 3.05. The molecule has 3 heterocycles. The van der Waals surface area contributed by atoms with Crippen molar-refractivity contribution in [1.82, 2.24) is 10.3 Å². The number of hydrogen-bond acceptors (Lipinski definition) is 5. The molecule has 0 aliphatic carbocycles. The maximum absolute atomic E-state index is 4.75. The molecule has 0 spiro atoms. The molecule has 3 rings (SSSR count). The fourth-order valence-electron chi connectivity index (χ4n) is 2.18. The zero-order valence-corrected chi connectivity index (χ0v) is 12.3. The lowest BCUT2D eigenvalue weighted by atomic mass is 10.1. The second kappa shape index (κ2) is 4.99. The number of rotatable bonds is 3. The van der Waals surface area contributed by atoms with Crippen LogP contribution in [-0.4, -0.2) is 18.6 Å². The van der Waals surface area contributed by atoms with E-state index >= 15 is 0 Å². The third kappa shape index (κ3) is 2.18. The normalized spacial score (nSPS) is 16.7. The van der Waals surface area contributed by atoms with Crippen molar-refractivity contribution in [2.75, 3.05) is 18.5 Å². The maximum Gasteiger partial charge on any atom is 0.185 e. The fourth-order valence-corrected chi connectivity index (χ4v) is 4.02. The highest BCUT2D eigenvalue weighted by Gasteiger charge is 2.20. The smallest absolute Gasteiger partial charge is 0.185 e. The van der Waals surface area contributed by atoms with E-state index in [1.54, 1.807) is 16.2 Å². The molecule has 1 N–H and O–H groups in total. The van der Waals surface area contributed by atoms with Crippen LogP contribution in [0.3, 0.4) is 0 Å². The van der Waals surface area contributed by atoms with Crippen molar-refractivity contribution in [1.29, 1.82) is 0 Å². The Morgan fingerprint density at radius 1 is 1.44 bits per heavy atom. The SMILES string of the molecule is CNC(C)c1csc(N2CCc3sccc3C2)n1. The van der Waals surface area contributed by atoms with Gasteiger partial charge in [0.1, 0.15) is 0 Å². The predicted molar refractivity (Wildman–Crippen MR) is 78.7 cm³/mol. The van der Waals surface area contributed by atoms with E-state index in [9.17, 15) is 0 Å². The van der Waals surface area contributed by atoms with Gasteiger partial charge in [-0.2, -0.15) is 0 Å². The molecule has 1 aliphatic rings. The molecular weight excluding hydrogens is 262 g/mol. The minimum atomic E-state index is 0.330. The lowest BCUT2D eigenvalue weighted by Gasteiger charge is -2.26. The predicted octanol–water partition coefficient (Wildman–Crippen LogP) is 3.05. The third-order valence-corrected chi connectivity index (χ3v) is 5.41. The van der Waals surface area contributed by atoms with Gasteiger partial charge in [-0.3, -0.25) is 0 Å². The van der Waals surface area contributed by atoms with Crippen LogP contribution in [0.2, 0.25) is 0 Å². The highest BCUT2D eigenvalue weighted by molar-refractivity contribution is 7.13. The number of fused-ring (bicyclic) bond motifs is 1. The first-order chi connectivity index (χ1) is 8.78. The molecular formula is C13H17N3S2. The Morgan fingerprint density at radius 2 is 2.33 bits per heavy atom. The first-order valence-electron chi connectivity index (χ1n) is 6.21. The maximum atomic E-state index is 4.75. The summed E-state index contributed by atoms with van der Waals surface area (Å²) in [5.41, 5.74) is 2.62. The van der Waals surface area contributed by atoms with E-state index in [2.05, 4.69) is 34.0 Å². The summed E-state index contributed by atoms with van der Waals surface area (Å²) >= 11 is 3.64. The lowest BCUT2D eigenvalue weighted by molar-refractivity contribution is 0.634. The molecule has 0 aromatic carbocycles. The van der Waals surface area contributed by atoms with Crippen LogP contribution in [0.5, 0.6) is 0 Å². The van der Waals surface area contributed by atoms with Crippen LogP contribution in [0.25, 0.3) is 0 Å². The largest absolute Gasteiger partial charge is 0.343 e. The quantitative estimate of drug-likeness (QED) is 0.936. The number of nitrogens with zero attached hydrogens (tertiary/aromatic N) is 2. The zero-order chi connectivity index (χ0) is 12.5. The van der Waals surface area contributed by atoms with Crippen molar-refractivity contribution in [3.8, 4) is 0 Å². The van der Waals surface area contributed by atoms with E-state index in [1.807, 2.05) is 18.4 Å². The van der Waals surface area contributed by atoms with Gasteiger partial charge >= 0.3 is 0 Å². The van der Waals surface area contributed by atoms with Crippen LogP contribution in [0.1, 0.15) is 29.1 Å². The summed E-state index contributed by atoms with van der Waals surface area (Å²) < 4.78 is 0. The Bertz CT molecular complexity index is 532. The molecule has 1 aliphatic heterocycles. The summed E-state index contributed by atoms with van der Waals surface area (Å²) in [5, 5.41) is 8.76. The van der Waals surface area contributed by atoms with Gasteiger partial charge in [-0.15, -0.1) is 22.7 Å². The van der Waals surface area contributed by atoms with Crippen molar-refractivity contribution in [2.45, 2.75) is 25.9 Å². The van der Waals surface area contributed by atoms with E-state index < -0.39 is 0 Å². The Balaban J connectivity index is 1.78. The van der Waals surface area contributed by atoms with Crippen molar-refractivity contribution < 1.29 is 0 Å². The Morgan fingerprint density at radius 3 is 3.17 bits per heavy atom. The Kier molecular flexibility index (Phi) is 3.37. The molecule has 1 unspecified atom stereocenters. The number of hydrogen-bond donors (Lipinski definition) is 1. The van der Waals surface area contributed by atoms with E-state index in [0.717, 1.165) is 30.3 Å². The van der Waals surface area contributed by atoms with Crippen molar-refractivity contribution in [3.63, 3.8) is 0 Å². The summed E-state index contributed by atoms with van der Waals surface area (Å²) in [5.74, 6) is 0. The van der Waals surface area contributed by atoms with Crippen LogP contribution in [0.4, 0.5) is 5.13 Å². The van der Waals surface area contributed by atoms with Crippen LogP contribution in [-0.2, 0) is 13.0 Å². The molecule has 0 bridgehead atoms. The molecule has 0 fully saturated rings. The van der Waals surface area contributed by atoms with Gasteiger partial charge in [0.2, 0.25) is 0 Å². The van der Waals surface area contributed by atoms with Gasteiger partial charge in [0.15, 0.2) is 5.13 Å². The summed E-state index contributed by atoms with van der Waals surface area (Å²) in [6.07, 6.45) is 1.16. The summed E-state index contributed by atoms with van der Waals surface area (Å²) in [6.45, 7) is 4.25. The number of nitrogens with one attached hydrogen (secondary N) is 1. The fraction of sp³-hybridized carbons (Fsp3) is 0.462. The van der Waals surface area contributed by atoms with Gasteiger partial charge < -0.3 is 10.2 Å². The molecule has 1 atom stereocenters. The minimum Gasteiger partial charge on any atom is -0.343 e. The van der Waals surface area contributed by atoms with Crippen molar-refractivity contribution >= 4 is 27.8 Å². The Labute approximate surface area is 115 Å². The molecule has 0 saturated carbocycles. The molecule has 2 aromatic heterocycles. The van der Waals surface area contributed by atoms with Gasteiger partial charge in [0.05, 0.1) is 5.69 Å². The highest BCUT2D eigenvalue weighted by atomic mass is 32.1. The first-order valence-corrected chi connectivity index (χ1v) is 7.96. The van der Waals surface area contributed by atoms with E-state index in [-0.39, 0.29) is 0 Å². The molecule has 0 radical (unpaired) electrons. The van der Waals surface area contributed by atoms with Gasteiger partial charge in [0.25, 0.3) is 0 Å². The topological polar surface area (TPSA) is 28.2 Å². The molecule has 0 amide bonds. The highest BCUT2D eigenvalue weighted by Crippen LogP contribution is 2.30. The van der Waals surface area contributed by atoms with Gasteiger partial charge in [-0.1, -0.05) is 0 Å². The van der Waals surface area contributed by atoms with Crippen LogP contribution in [0, 0.1) is 0 Å². The zero-order valence-electron chi connectivity index (χ0n) is 10.6.